The summed E-state index contributed by atoms with van der Waals surface area (Å²) >= 11 is 0. The molecule has 1 atom stereocenters. The predicted molar refractivity (Wildman–Crippen MR) is 134 cm³/mol. The zero-order chi connectivity index (χ0) is 27.2. The first-order chi connectivity index (χ1) is 18.0. The van der Waals surface area contributed by atoms with E-state index in [1.165, 1.54) is 6.07 Å². The monoisotopic (exact) mass is 524 g/mol. The van der Waals surface area contributed by atoms with Gasteiger partial charge in [-0.25, -0.2) is 4.98 Å². The number of nitrogens with one attached hydrogen (secondary N) is 1. The van der Waals surface area contributed by atoms with Crippen molar-refractivity contribution in [3.63, 3.8) is 0 Å². The first-order valence-electron chi connectivity index (χ1n) is 12.4. The molecule has 2 amide bonds. The van der Waals surface area contributed by atoms with Crippen LogP contribution in [0.1, 0.15) is 47.3 Å². The van der Waals surface area contributed by atoms with Crippen LogP contribution < -0.4 is 15.1 Å². The number of nitrogens with zero attached hydrogens (tertiary/aromatic N) is 5. The number of benzene rings is 1. The average Bonchev–Trinajstić information content (AvgIpc) is 3.39. The van der Waals surface area contributed by atoms with Gasteiger partial charge in [-0.3, -0.25) is 14.5 Å². The first kappa shape index (κ1) is 25.7. The Hall–Kier alpha value is -3.91. The highest BCUT2D eigenvalue weighted by Gasteiger charge is 2.59. The fourth-order valence-corrected chi connectivity index (χ4v) is 5.55. The lowest BCUT2D eigenvalue weighted by atomic mass is 9.75. The number of rotatable bonds is 5. The topological polar surface area (TPSA) is 92.6 Å². The van der Waals surface area contributed by atoms with E-state index in [9.17, 15) is 22.8 Å². The van der Waals surface area contributed by atoms with Crippen molar-refractivity contribution >= 4 is 23.2 Å². The molecule has 5 rings (SSSR count). The van der Waals surface area contributed by atoms with Gasteiger partial charge in [0.05, 0.1) is 17.4 Å². The predicted octanol–water partition coefficient (Wildman–Crippen LogP) is 3.90. The lowest BCUT2D eigenvalue weighted by Crippen LogP contribution is -2.54. The molecule has 0 radical (unpaired) electrons. The van der Waals surface area contributed by atoms with Crippen LogP contribution in [-0.4, -0.2) is 53.9 Å². The molecule has 1 aromatic heterocycles. The minimum absolute atomic E-state index is 0.103. The number of anilines is 2. The standard InChI is InChI=1S/C27H27F3N6O2/c1-17-35(21-12-22(27(28,29)30)23(13-31)32-15-21)25(38)26(9-3-10-26)36(17)20-6-4-19(5-7-20)24(37)33-14-18-8-11-34(2)16-18/h4-7,12,15,18H,1,3,8-11,14,16H2,2H3,(H,33,37)/t18-/m1/s1. The molecule has 3 fully saturated rings. The summed E-state index contributed by atoms with van der Waals surface area (Å²) in [5.41, 5.74) is -1.96. The summed E-state index contributed by atoms with van der Waals surface area (Å²) in [6.45, 7) is 6.60. The summed E-state index contributed by atoms with van der Waals surface area (Å²) in [6.07, 6.45) is -0.888. The Balaban J connectivity index is 1.39. The van der Waals surface area contributed by atoms with Gasteiger partial charge in [0.2, 0.25) is 0 Å². The molecule has 2 aliphatic heterocycles. The Morgan fingerprint density at radius 1 is 1.26 bits per heavy atom. The van der Waals surface area contributed by atoms with Crippen LogP contribution in [0.15, 0.2) is 48.9 Å². The summed E-state index contributed by atoms with van der Waals surface area (Å²) in [5, 5.41) is 12.1. The van der Waals surface area contributed by atoms with Gasteiger partial charge in [-0.05, 0) is 75.5 Å². The first-order valence-corrected chi connectivity index (χ1v) is 12.4. The van der Waals surface area contributed by atoms with Crippen molar-refractivity contribution < 1.29 is 22.8 Å². The zero-order valence-electron chi connectivity index (χ0n) is 20.9. The normalized spacial score (nSPS) is 21.1. The number of amides is 2. The van der Waals surface area contributed by atoms with Crippen molar-refractivity contribution in [2.75, 3.05) is 36.5 Å². The molecule has 1 aliphatic carbocycles. The largest absolute Gasteiger partial charge is 0.419 e. The van der Waals surface area contributed by atoms with E-state index in [0.29, 0.717) is 36.6 Å². The zero-order valence-corrected chi connectivity index (χ0v) is 20.9. The van der Waals surface area contributed by atoms with Gasteiger partial charge in [0, 0.05) is 24.3 Å². The summed E-state index contributed by atoms with van der Waals surface area (Å²) in [7, 11) is 2.06. The molecule has 1 saturated carbocycles. The summed E-state index contributed by atoms with van der Waals surface area (Å²) < 4.78 is 40.7. The van der Waals surface area contributed by atoms with Gasteiger partial charge in [-0.15, -0.1) is 0 Å². The fraction of sp³-hybridized carbons (Fsp3) is 0.407. The third-order valence-corrected chi connectivity index (χ3v) is 7.70. The molecule has 3 heterocycles. The van der Waals surface area contributed by atoms with Gasteiger partial charge in [0.15, 0.2) is 5.69 Å². The third-order valence-electron chi connectivity index (χ3n) is 7.70. The molecule has 2 aromatic rings. The van der Waals surface area contributed by atoms with Crippen LogP contribution in [0.5, 0.6) is 0 Å². The minimum Gasteiger partial charge on any atom is -0.352 e. The molecular formula is C27H27F3N6O2. The molecule has 8 nitrogen and oxygen atoms in total. The van der Waals surface area contributed by atoms with Crippen LogP contribution >= 0.6 is 0 Å². The Labute approximate surface area is 218 Å². The Kier molecular flexibility index (Phi) is 6.39. The number of pyridine rings is 1. The fourth-order valence-electron chi connectivity index (χ4n) is 5.55. The van der Waals surface area contributed by atoms with Crippen molar-refractivity contribution in [1.29, 1.82) is 5.26 Å². The average molecular weight is 525 g/mol. The molecule has 38 heavy (non-hydrogen) atoms. The number of alkyl halides is 3. The van der Waals surface area contributed by atoms with E-state index >= 15 is 0 Å². The van der Waals surface area contributed by atoms with Gasteiger partial charge in [0.25, 0.3) is 11.8 Å². The van der Waals surface area contributed by atoms with Crippen molar-refractivity contribution in [3.8, 4) is 6.07 Å². The van der Waals surface area contributed by atoms with Crippen LogP contribution in [0.3, 0.4) is 0 Å². The number of carbonyl (C=O) groups is 2. The molecule has 3 aliphatic rings. The Bertz CT molecular complexity index is 1330. The van der Waals surface area contributed by atoms with Crippen molar-refractivity contribution in [2.45, 2.75) is 37.4 Å². The quantitative estimate of drug-likeness (QED) is 0.638. The molecule has 0 unspecified atom stereocenters. The van der Waals surface area contributed by atoms with E-state index in [2.05, 4.69) is 28.8 Å². The van der Waals surface area contributed by atoms with Crippen molar-refractivity contribution in [3.05, 3.63) is 65.7 Å². The number of carbonyl (C=O) groups excluding carboxylic acids is 2. The van der Waals surface area contributed by atoms with E-state index in [-0.39, 0.29) is 17.4 Å². The summed E-state index contributed by atoms with van der Waals surface area (Å²) in [4.78, 5) is 35.1. The number of halogens is 3. The molecule has 11 heteroatoms. The van der Waals surface area contributed by atoms with E-state index < -0.39 is 28.9 Å². The number of nitriles is 1. The van der Waals surface area contributed by atoms with E-state index in [1.54, 1.807) is 29.2 Å². The second-order valence-electron chi connectivity index (χ2n) is 10.2. The van der Waals surface area contributed by atoms with Gasteiger partial charge in [-0.1, -0.05) is 6.58 Å². The van der Waals surface area contributed by atoms with Crippen LogP contribution in [0.4, 0.5) is 24.5 Å². The maximum Gasteiger partial charge on any atom is 0.419 e. The van der Waals surface area contributed by atoms with E-state index in [4.69, 9.17) is 5.26 Å². The SMILES string of the molecule is C=C1N(c2cnc(C#N)c(C(F)(F)F)c2)C(=O)C2(CCC2)N1c1ccc(C(=O)NC[C@H]2CCN(C)C2)cc1. The lowest BCUT2D eigenvalue weighted by molar-refractivity contribution is -0.138. The molecular weight excluding hydrogens is 497 g/mol. The molecule has 0 bridgehead atoms. The van der Waals surface area contributed by atoms with Gasteiger partial charge in [0.1, 0.15) is 17.4 Å². The summed E-state index contributed by atoms with van der Waals surface area (Å²) in [6, 6.07) is 9.00. The third kappa shape index (κ3) is 4.28. The van der Waals surface area contributed by atoms with Gasteiger partial charge in [-0.2, -0.15) is 18.4 Å². The number of hydrogen-bond donors (Lipinski definition) is 1. The smallest absolute Gasteiger partial charge is 0.352 e. The van der Waals surface area contributed by atoms with Gasteiger partial charge < -0.3 is 15.1 Å². The molecule has 1 spiro atoms. The second kappa shape index (κ2) is 9.44. The van der Waals surface area contributed by atoms with Crippen LogP contribution in [0.2, 0.25) is 0 Å². The highest BCUT2D eigenvalue weighted by molar-refractivity contribution is 6.11. The number of aromatic nitrogens is 1. The van der Waals surface area contributed by atoms with Gasteiger partial charge >= 0.3 is 6.18 Å². The Morgan fingerprint density at radius 2 is 1.97 bits per heavy atom. The molecule has 1 N–H and O–H groups in total. The maximum absolute atomic E-state index is 13.6. The summed E-state index contributed by atoms with van der Waals surface area (Å²) in [5.74, 6) is 0.0283. The van der Waals surface area contributed by atoms with E-state index in [0.717, 1.165) is 43.1 Å². The van der Waals surface area contributed by atoms with Crippen molar-refractivity contribution in [2.24, 2.45) is 5.92 Å². The lowest BCUT2D eigenvalue weighted by Gasteiger charge is -2.43. The Morgan fingerprint density at radius 3 is 2.53 bits per heavy atom. The van der Waals surface area contributed by atoms with Crippen LogP contribution in [-0.2, 0) is 11.0 Å². The van der Waals surface area contributed by atoms with E-state index in [1.807, 2.05) is 0 Å². The number of hydrogen-bond acceptors (Lipinski definition) is 6. The highest BCUT2D eigenvalue weighted by Crippen LogP contribution is 2.50. The van der Waals surface area contributed by atoms with Crippen LogP contribution in [0, 0.1) is 17.2 Å². The van der Waals surface area contributed by atoms with Crippen molar-refractivity contribution in [1.82, 2.24) is 15.2 Å². The molecule has 198 valence electrons. The number of likely N-dealkylation sites (tertiary alicyclic amines) is 1. The van der Waals surface area contributed by atoms with Crippen LogP contribution in [0.25, 0.3) is 0 Å². The minimum atomic E-state index is -4.81. The molecule has 2 saturated heterocycles. The highest BCUT2D eigenvalue weighted by atomic mass is 19.4. The molecule has 1 aromatic carbocycles. The maximum atomic E-state index is 13.6. The second-order valence-corrected chi connectivity index (χ2v) is 10.2.